The molecule has 1 heteroatoms. The first-order valence-corrected chi connectivity index (χ1v) is 5.37. The summed E-state index contributed by atoms with van der Waals surface area (Å²) >= 11 is 0. The number of benzene rings is 2. The molecule has 0 atom stereocenters. The lowest BCUT2D eigenvalue weighted by Gasteiger charge is -1.88. The van der Waals surface area contributed by atoms with Gasteiger partial charge in [0.2, 0.25) is 20.8 Å². The second kappa shape index (κ2) is 4.30. The van der Waals surface area contributed by atoms with Gasteiger partial charge in [0, 0.05) is 24.3 Å². The van der Waals surface area contributed by atoms with Crippen molar-refractivity contribution in [3.8, 4) is 0 Å². The number of rotatable bonds is 2. The SMILES string of the molecule is Cc1ccc([Cl+]c2ccccc2)cc1. The molecule has 2 aromatic carbocycles. The zero-order valence-corrected chi connectivity index (χ0v) is 8.83. The maximum Gasteiger partial charge on any atom is 0.235 e. The van der Waals surface area contributed by atoms with Gasteiger partial charge in [0.25, 0.3) is 0 Å². The van der Waals surface area contributed by atoms with Crippen LogP contribution in [0.5, 0.6) is 0 Å². The Hall–Kier alpha value is -1.27. The topological polar surface area (TPSA) is 0 Å². The van der Waals surface area contributed by atoms with Gasteiger partial charge in [-0.25, -0.2) is 0 Å². The van der Waals surface area contributed by atoms with Crippen LogP contribution in [0.3, 0.4) is 0 Å². The van der Waals surface area contributed by atoms with Crippen LogP contribution in [0.1, 0.15) is 5.56 Å². The van der Waals surface area contributed by atoms with Crippen molar-refractivity contribution in [3.63, 3.8) is 0 Å². The quantitative estimate of drug-likeness (QED) is 0.700. The summed E-state index contributed by atoms with van der Waals surface area (Å²) in [6.07, 6.45) is 0. The van der Waals surface area contributed by atoms with E-state index in [1.165, 1.54) is 15.6 Å². The Morgan fingerprint density at radius 2 is 1.29 bits per heavy atom. The molecule has 0 heterocycles. The van der Waals surface area contributed by atoms with Gasteiger partial charge >= 0.3 is 0 Å². The molecule has 0 unspecified atom stereocenters. The highest BCUT2D eigenvalue weighted by molar-refractivity contribution is 5.19. The van der Waals surface area contributed by atoms with Crippen LogP contribution < -0.4 is 0 Å². The van der Waals surface area contributed by atoms with Gasteiger partial charge in [-0.1, -0.05) is 35.9 Å². The van der Waals surface area contributed by atoms with Crippen LogP contribution in [0, 0.1) is 17.7 Å². The largest absolute Gasteiger partial charge is 0.235 e. The average Bonchev–Trinajstić information content (AvgIpc) is 2.23. The van der Waals surface area contributed by atoms with Gasteiger partial charge in [-0.15, -0.1) is 0 Å². The maximum absolute atomic E-state index is 2.31. The molecular weight excluding hydrogens is 192 g/mol. The monoisotopic (exact) mass is 203 g/mol. The molecule has 0 aliphatic heterocycles. The van der Waals surface area contributed by atoms with Crippen LogP contribution in [-0.2, 0) is 0 Å². The standard InChI is InChI=1S/C13H12Cl/c1-11-7-9-13(10-8-11)14-12-5-3-2-4-6-12/h2-10H,1H3/q+1. The highest BCUT2D eigenvalue weighted by Crippen LogP contribution is 2.14. The molecule has 0 radical (unpaired) electrons. The minimum Gasteiger partial charge on any atom is -0.0619 e. The zero-order chi connectivity index (χ0) is 9.80. The first-order chi connectivity index (χ1) is 6.84. The molecule has 0 N–H and O–H groups in total. The van der Waals surface area contributed by atoms with E-state index in [4.69, 9.17) is 0 Å². The van der Waals surface area contributed by atoms with Crippen molar-refractivity contribution in [1.29, 1.82) is 0 Å². The van der Waals surface area contributed by atoms with Gasteiger partial charge < -0.3 is 0 Å². The molecule has 0 spiro atoms. The molecule has 0 aromatic heterocycles. The summed E-state index contributed by atoms with van der Waals surface area (Å²) in [5.74, 6) is 0. The van der Waals surface area contributed by atoms with Gasteiger partial charge in [-0.3, -0.25) is 0 Å². The summed E-state index contributed by atoms with van der Waals surface area (Å²) in [6.45, 7) is 2.10. The van der Waals surface area contributed by atoms with Gasteiger partial charge in [0.15, 0.2) is 0 Å². The second-order valence-corrected chi connectivity index (χ2v) is 4.25. The van der Waals surface area contributed by atoms with Crippen molar-refractivity contribution in [2.24, 2.45) is 0 Å². The van der Waals surface area contributed by atoms with Crippen molar-refractivity contribution < 1.29 is 10.8 Å². The molecule has 2 rings (SSSR count). The van der Waals surface area contributed by atoms with Crippen molar-refractivity contribution in [2.75, 3.05) is 0 Å². The van der Waals surface area contributed by atoms with Crippen LogP contribution in [0.25, 0.3) is 0 Å². The normalized spacial score (nSPS) is 10.1. The minimum absolute atomic E-state index is 1.23. The van der Waals surface area contributed by atoms with Crippen LogP contribution in [0.4, 0.5) is 0 Å². The van der Waals surface area contributed by atoms with E-state index in [0.717, 1.165) is 0 Å². The summed E-state index contributed by atoms with van der Waals surface area (Å²) in [4.78, 5) is 0. The Morgan fingerprint density at radius 3 is 1.93 bits per heavy atom. The predicted octanol–water partition coefficient (Wildman–Crippen LogP) is 3.61. The van der Waals surface area contributed by atoms with E-state index in [9.17, 15) is 0 Å². The van der Waals surface area contributed by atoms with E-state index >= 15 is 0 Å². The molecule has 0 saturated heterocycles. The van der Waals surface area contributed by atoms with Crippen molar-refractivity contribution in [3.05, 3.63) is 70.2 Å². The Balaban J connectivity index is 2.16. The average molecular weight is 204 g/mol. The van der Waals surface area contributed by atoms with Crippen LogP contribution in [0.15, 0.2) is 54.6 Å². The molecule has 0 amide bonds. The van der Waals surface area contributed by atoms with E-state index in [-0.39, 0.29) is 0 Å². The molecule has 0 saturated carbocycles. The van der Waals surface area contributed by atoms with Crippen molar-refractivity contribution >= 4 is 0 Å². The maximum atomic E-state index is 2.31. The molecular formula is C13H12Cl+. The third-order valence-corrected chi connectivity index (χ3v) is 2.90. The Kier molecular flexibility index (Phi) is 2.85. The van der Waals surface area contributed by atoms with Crippen LogP contribution in [-0.4, -0.2) is 0 Å². The molecule has 0 aliphatic rings. The number of halogens is 1. The van der Waals surface area contributed by atoms with Crippen molar-refractivity contribution in [2.45, 2.75) is 6.92 Å². The molecule has 2 aromatic rings. The van der Waals surface area contributed by atoms with E-state index in [0.29, 0.717) is 0 Å². The fourth-order valence-corrected chi connectivity index (χ4v) is 1.98. The lowest BCUT2D eigenvalue weighted by Crippen LogP contribution is -1.81. The summed E-state index contributed by atoms with van der Waals surface area (Å²) in [7, 11) is 2.31. The molecule has 14 heavy (non-hydrogen) atoms. The van der Waals surface area contributed by atoms with Gasteiger partial charge in [-0.05, 0) is 6.92 Å². The van der Waals surface area contributed by atoms with Crippen LogP contribution in [0.2, 0.25) is 10.0 Å². The summed E-state index contributed by atoms with van der Waals surface area (Å²) in [6, 6.07) is 18.9. The fraction of sp³-hybridized carbons (Fsp3) is 0.0769. The van der Waals surface area contributed by atoms with Crippen molar-refractivity contribution in [1.82, 2.24) is 0 Å². The lowest BCUT2D eigenvalue weighted by molar-refractivity contribution is -0.535. The Labute approximate surface area is 88.3 Å². The summed E-state index contributed by atoms with van der Waals surface area (Å²) in [5, 5.41) is 2.47. The Morgan fingerprint density at radius 1 is 0.714 bits per heavy atom. The van der Waals surface area contributed by atoms with E-state index in [2.05, 4.69) is 66.2 Å². The van der Waals surface area contributed by atoms with Gasteiger partial charge in [-0.2, -0.15) is 0 Å². The molecule has 70 valence electrons. The van der Waals surface area contributed by atoms with E-state index in [1.807, 2.05) is 6.07 Å². The third-order valence-electron chi connectivity index (χ3n) is 1.96. The highest BCUT2D eigenvalue weighted by Gasteiger charge is 2.11. The van der Waals surface area contributed by atoms with Gasteiger partial charge in [0.05, 0.1) is 0 Å². The predicted molar refractivity (Wildman–Crippen MR) is 55.9 cm³/mol. The smallest absolute Gasteiger partial charge is 0.0619 e. The molecule has 0 nitrogen and oxygen atoms in total. The minimum atomic E-state index is 1.23. The summed E-state index contributed by atoms with van der Waals surface area (Å²) < 4.78 is 0. The van der Waals surface area contributed by atoms with E-state index in [1.54, 1.807) is 0 Å². The number of hydrogen-bond donors (Lipinski definition) is 0. The molecule has 0 aliphatic carbocycles. The van der Waals surface area contributed by atoms with Gasteiger partial charge in [0.1, 0.15) is 0 Å². The zero-order valence-electron chi connectivity index (χ0n) is 8.07. The number of hydrogen-bond acceptors (Lipinski definition) is 0. The number of aryl methyl sites for hydroxylation is 1. The first-order valence-electron chi connectivity index (χ1n) is 4.61. The first kappa shape index (κ1) is 9.29. The lowest BCUT2D eigenvalue weighted by atomic mass is 10.2. The Bertz CT molecular complexity index is 389. The second-order valence-electron chi connectivity index (χ2n) is 3.19. The molecule has 0 bridgehead atoms. The van der Waals surface area contributed by atoms with Crippen LogP contribution >= 0.6 is 0 Å². The van der Waals surface area contributed by atoms with E-state index < -0.39 is 0 Å². The molecule has 0 fully saturated rings. The summed E-state index contributed by atoms with van der Waals surface area (Å²) in [5.41, 5.74) is 1.30. The highest BCUT2D eigenvalue weighted by atomic mass is 35.5. The fourth-order valence-electron chi connectivity index (χ4n) is 1.20. The third kappa shape index (κ3) is 2.36.